The maximum atomic E-state index is 11.9. The lowest BCUT2D eigenvalue weighted by atomic mass is 9.78. The predicted octanol–water partition coefficient (Wildman–Crippen LogP) is 3.63. The number of carbonyl (C=O) groups excluding carboxylic acids is 1. The molecule has 98 valence electrons. The molecule has 3 unspecified atom stereocenters. The molecule has 18 heavy (non-hydrogen) atoms. The Bertz CT molecular complexity index is 391. The Morgan fingerprint density at radius 2 is 1.89 bits per heavy atom. The molecule has 3 nitrogen and oxygen atoms in total. The first-order valence-electron chi connectivity index (χ1n) is 6.79. The van der Waals surface area contributed by atoms with Crippen LogP contribution >= 0.6 is 0 Å². The maximum absolute atomic E-state index is 11.9. The monoisotopic (exact) mass is 246 g/mol. The van der Waals surface area contributed by atoms with E-state index in [2.05, 4.69) is 24.5 Å². The van der Waals surface area contributed by atoms with Crippen LogP contribution in [-0.4, -0.2) is 12.1 Å². The molecule has 1 aliphatic rings. The van der Waals surface area contributed by atoms with Gasteiger partial charge < -0.3 is 10.6 Å². The van der Waals surface area contributed by atoms with Gasteiger partial charge in [-0.25, -0.2) is 4.79 Å². The van der Waals surface area contributed by atoms with Gasteiger partial charge >= 0.3 is 6.03 Å². The third-order valence-corrected chi connectivity index (χ3v) is 4.05. The molecule has 0 bridgehead atoms. The largest absolute Gasteiger partial charge is 0.335 e. The van der Waals surface area contributed by atoms with Gasteiger partial charge in [-0.15, -0.1) is 0 Å². The normalized spacial score (nSPS) is 27.6. The van der Waals surface area contributed by atoms with Crippen LogP contribution in [-0.2, 0) is 0 Å². The summed E-state index contributed by atoms with van der Waals surface area (Å²) in [6.45, 7) is 4.50. The fourth-order valence-electron chi connectivity index (χ4n) is 2.64. The van der Waals surface area contributed by atoms with Gasteiger partial charge in [0.1, 0.15) is 0 Å². The van der Waals surface area contributed by atoms with Crippen molar-refractivity contribution in [1.82, 2.24) is 5.32 Å². The molecular formula is C15H22N2O. The van der Waals surface area contributed by atoms with Gasteiger partial charge in [0.2, 0.25) is 0 Å². The van der Waals surface area contributed by atoms with E-state index in [-0.39, 0.29) is 6.03 Å². The number of rotatable bonds is 2. The standard InChI is InChI=1S/C15H22N2O/c1-11-7-6-10-14(12(11)2)17-15(18)16-13-8-4-3-5-9-13/h3-5,8-9,11-12,14H,6-7,10H2,1-2H3,(H2,16,17,18). The van der Waals surface area contributed by atoms with E-state index in [9.17, 15) is 4.79 Å². The molecule has 0 aromatic heterocycles. The smallest absolute Gasteiger partial charge is 0.319 e. The first kappa shape index (κ1) is 12.9. The van der Waals surface area contributed by atoms with Crippen LogP contribution in [0.15, 0.2) is 30.3 Å². The number of benzene rings is 1. The summed E-state index contributed by atoms with van der Waals surface area (Å²) in [6.07, 6.45) is 3.58. The second kappa shape index (κ2) is 5.89. The van der Waals surface area contributed by atoms with Crippen molar-refractivity contribution in [3.63, 3.8) is 0 Å². The average Bonchev–Trinajstić information content (AvgIpc) is 2.36. The first-order chi connectivity index (χ1) is 8.66. The number of hydrogen-bond acceptors (Lipinski definition) is 1. The summed E-state index contributed by atoms with van der Waals surface area (Å²) in [5.41, 5.74) is 0.839. The zero-order chi connectivity index (χ0) is 13.0. The summed E-state index contributed by atoms with van der Waals surface area (Å²) < 4.78 is 0. The van der Waals surface area contributed by atoms with Gasteiger partial charge in [0.15, 0.2) is 0 Å². The predicted molar refractivity (Wildman–Crippen MR) is 74.6 cm³/mol. The van der Waals surface area contributed by atoms with E-state index in [1.165, 1.54) is 12.8 Å². The van der Waals surface area contributed by atoms with Gasteiger partial charge in [0, 0.05) is 11.7 Å². The number of amides is 2. The number of anilines is 1. The van der Waals surface area contributed by atoms with Crippen molar-refractivity contribution in [2.45, 2.75) is 39.2 Å². The van der Waals surface area contributed by atoms with Gasteiger partial charge in [-0.2, -0.15) is 0 Å². The van der Waals surface area contributed by atoms with Crippen LogP contribution in [0.5, 0.6) is 0 Å². The molecule has 3 heteroatoms. The van der Waals surface area contributed by atoms with E-state index >= 15 is 0 Å². The van der Waals surface area contributed by atoms with Gasteiger partial charge in [-0.1, -0.05) is 44.9 Å². The van der Waals surface area contributed by atoms with Gasteiger partial charge in [-0.05, 0) is 30.4 Å². The Kier molecular flexibility index (Phi) is 4.24. The summed E-state index contributed by atoms with van der Waals surface area (Å²) in [5, 5.41) is 5.97. The van der Waals surface area contributed by atoms with Crippen molar-refractivity contribution in [2.24, 2.45) is 11.8 Å². The van der Waals surface area contributed by atoms with Gasteiger partial charge in [0.05, 0.1) is 0 Å². The minimum absolute atomic E-state index is 0.0906. The molecule has 0 spiro atoms. The third kappa shape index (κ3) is 3.25. The van der Waals surface area contributed by atoms with Crippen LogP contribution in [0.4, 0.5) is 10.5 Å². The molecule has 1 saturated carbocycles. The Hall–Kier alpha value is -1.51. The average molecular weight is 246 g/mol. The number of nitrogens with one attached hydrogen (secondary N) is 2. The number of urea groups is 1. The molecular weight excluding hydrogens is 224 g/mol. The molecule has 1 aromatic rings. The van der Waals surface area contributed by atoms with Crippen LogP contribution in [0.2, 0.25) is 0 Å². The molecule has 0 radical (unpaired) electrons. The molecule has 0 aliphatic heterocycles. The highest BCUT2D eigenvalue weighted by atomic mass is 16.2. The molecule has 1 aliphatic carbocycles. The van der Waals surface area contributed by atoms with E-state index < -0.39 is 0 Å². The van der Waals surface area contributed by atoms with E-state index in [4.69, 9.17) is 0 Å². The van der Waals surface area contributed by atoms with Crippen molar-refractivity contribution in [3.8, 4) is 0 Å². The Morgan fingerprint density at radius 1 is 1.17 bits per heavy atom. The fraction of sp³-hybridized carbons (Fsp3) is 0.533. The van der Waals surface area contributed by atoms with E-state index in [1.54, 1.807) is 0 Å². The Balaban J connectivity index is 1.87. The minimum Gasteiger partial charge on any atom is -0.335 e. The zero-order valence-electron chi connectivity index (χ0n) is 11.1. The summed E-state index contributed by atoms with van der Waals surface area (Å²) in [6, 6.07) is 9.78. The Morgan fingerprint density at radius 3 is 2.61 bits per heavy atom. The molecule has 0 saturated heterocycles. The lowest BCUT2D eigenvalue weighted by Crippen LogP contribution is -2.45. The van der Waals surface area contributed by atoms with Crippen molar-refractivity contribution < 1.29 is 4.79 Å². The molecule has 3 atom stereocenters. The molecule has 2 N–H and O–H groups in total. The number of carbonyl (C=O) groups is 1. The van der Waals surface area contributed by atoms with Crippen LogP contribution in [0.25, 0.3) is 0 Å². The van der Waals surface area contributed by atoms with Crippen LogP contribution in [0.3, 0.4) is 0 Å². The SMILES string of the molecule is CC1CCCC(NC(=O)Nc2ccccc2)C1C. The quantitative estimate of drug-likeness (QED) is 0.822. The number of para-hydroxylation sites is 1. The van der Waals surface area contributed by atoms with Gasteiger partial charge in [0.25, 0.3) is 0 Å². The topological polar surface area (TPSA) is 41.1 Å². The van der Waals surface area contributed by atoms with Crippen molar-refractivity contribution in [3.05, 3.63) is 30.3 Å². The lowest BCUT2D eigenvalue weighted by Gasteiger charge is -2.34. The summed E-state index contributed by atoms with van der Waals surface area (Å²) in [4.78, 5) is 11.9. The van der Waals surface area contributed by atoms with Crippen LogP contribution in [0.1, 0.15) is 33.1 Å². The third-order valence-electron chi connectivity index (χ3n) is 4.05. The summed E-state index contributed by atoms with van der Waals surface area (Å²) in [5.74, 6) is 1.25. The highest BCUT2D eigenvalue weighted by Crippen LogP contribution is 2.29. The van der Waals surface area contributed by atoms with Crippen molar-refractivity contribution in [2.75, 3.05) is 5.32 Å². The maximum Gasteiger partial charge on any atom is 0.319 e. The molecule has 0 heterocycles. The van der Waals surface area contributed by atoms with Crippen molar-refractivity contribution >= 4 is 11.7 Å². The first-order valence-corrected chi connectivity index (χ1v) is 6.79. The van der Waals surface area contributed by atoms with Crippen molar-refractivity contribution in [1.29, 1.82) is 0 Å². The zero-order valence-corrected chi connectivity index (χ0v) is 11.1. The van der Waals surface area contributed by atoms with E-state index in [1.807, 2.05) is 30.3 Å². The fourth-order valence-corrected chi connectivity index (χ4v) is 2.64. The lowest BCUT2D eigenvalue weighted by molar-refractivity contribution is 0.201. The summed E-state index contributed by atoms with van der Waals surface area (Å²) >= 11 is 0. The molecule has 1 aromatic carbocycles. The van der Waals surface area contributed by atoms with Crippen LogP contribution in [0, 0.1) is 11.8 Å². The van der Waals surface area contributed by atoms with Gasteiger partial charge in [-0.3, -0.25) is 0 Å². The second-order valence-corrected chi connectivity index (χ2v) is 5.34. The molecule has 1 fully saturated rings. The second-order valence-electron chi connectivity index (χ2n) is 5.34. The highest BCUT2D eigenvalue weighted by Gasteiger charge is 2.27. The Labute approximate surface area is 109 Å². The summed E-state index contributed by atoms with van der Waals surface area (Å²) in [7, 11) is 0. The number of hydrogen-bond donors (Lipinski definition) is 2. The molecule has 2 amide bonds. The van der Waals surface area contributed by atoms with E-state index in [0.29, 0.717) is 17.9 Å². The highest BCUT2D eigenvalue weighted by molar-refractivity contribution is 5.89. The van der Waals surface area contributed by atoms with E-state index in [0.717, 1.165) is 12.1 Å². The van der Waals surface area contributed by atoms with Crippen LogP contribution < -0.4 is 10.6 Å². The molecule has 2 rings (SSSR count). The minimum atomic E-state index is -0.0906.